The van der Waals surface area contributed by atoms with Crippen molar-refractivity contribution < 1.29 is 14.3 Å². The van der Waals surface area contributed by atoms with Gasteiger partial charge in [-0.15, -0.1) is 0 Å². The second kappa shape index (κ2) is 9.59. The van der Waals surface area contributed by atoms with Crippen molar-refractivity contribution in [1.82, 2.24) is 0 Å². The zero-order chi connectivity index (χ0) is 19.1. The molecular formula is C19H16BrIN2O3. The minimum atomic E-state index is -0.474. The number of rotatable bonds is 6. The maximum Gasteiger partial charge on any atom is 0.266 e. The highest BCUT2D eigenvalue weighted by Gasteiger charge is 2.13. The highest BCUT2D eigenvalue weighted by atomic mass is 127. The Bertz CT molecular complexity index is 874. The van der Waals surface area contributed by atoms with Crippen LogP contribution in [0.2, 0.25) is 0 Å². The Hall–Kier alpha value is -2.05. The van der Waals surface area contributed by atoms with Crippen LogP contribution in [0.3, 0.4) is 0 Å². The number of nitriles is 1. The van der Waals surface area contributed by atoms with Crippen LogP contribution in [0.25, 0.3) is 6.08 Å². The maximum atomic E-state index is 12.4. The molecule has 2 aromatic rings. The van der Waals surface area contributed by atoms with Crippen molar-refractivity contribution in [2.24, 2.45) is 0 Å². The first-order chi connectivity index (χ1) is 12.5. The van der Waals surface area contributed by atoms with Crippen molar-refractivity contribution >= 4 is 56.2 Å². The van der Waals surface area contributed by atoms with Gasteiger partial charge in [-0.1, -0.05) is 15.9 Å². The van der Waals surface area contributed by atoms with Gasteiger partial charge in [0.05, 0.1) is 17.3 Å². The molecule has 0 saturated heterocycles. The zero-order valence-electron chi connectivity index (χ0n) is 14.2. The monoisotopic (exact) mass is 526 g/mol. The summed E-state index contributed by atoms with van der Waals surface area (Å²) in [6.07, 6.45) is 1.53. The maximum absolute atomic E-state index is 12.4. The van der Waals surface area contributed by atoms with Gasteiger partial charge in [0.1, 0.15) is 11.6 Å². The Morgan fingerprint density at radius 3 is 2.62 bits per heavy atom. The summed E-state index contributed by atoms with van der Waals surface area (Å²) in [7, 11) is 1.57. The van der Waals surface area contributed by atoms with Gasteiger partial charge in [0.2, 0.25) is 0 Å². The Labute approximate surface area is 174 Å². The van der Waals surface area contributed by atoms with E-state index in [0.29, 0.717) is 29.4 Å². The summed E-state index contributed by atoms with van der Waals surface area (Å²) in [6, 6.07) is 12.6. The number of carbonyl (C=O) groups excluding carboxylic acids is 1. The molecule has 5 nitrogen and oxygen atoms in total. The van der Waals surface area contributed by atoms with Crippen LogP contribution in [0.5, 0.6) is 11.5 Å². The minimum absolute atomic E-state index is 0.00339. The highest BCUT2D eigenvalue weighted by Crippen LogP contribution is 2.34. The normalized spacial score (nSPS) is 10.8. The molecule has 0 fully saturated rings. The molecule has 0 spiro atoms. The highest BCUT2D eigenvalue weighted by molar-refractivity contribution is 14.1. The molecule has 1 N–H and O–H groups in total. The number of nitrogens with one attached hydrogen (secondary N) is 1. The first kappa shape index (κ1) is 20.3. The van der Waals surface area contributed by atoms with Crippen LogP contribution in [0, 0.1) is 14.9 Å². The van der Waals surface area contributed by atoms with E-state index in [4.69, 9.17) is 9.47 Å². The van der Waals surface area contributed by atoms with Crippen LogP contribution in [-0.4, -0.2) is 19.6 Å². The first-order valence-corrected chi connectivity index (χ1v) is 9.54. The van der Waals surface area contributed by atoms with Gasteiger partial charge in [-0.3, -0.25) is 4.79 Å². The lowest BCUT2D eigenvalue weighted by molar-refractivity contribution is -0.112. The first-order valence-electron chi connectivity index (χ1n) is 7.67. The molecule has 2 aromatic carbocycles. The lowest BCUT2D eigenvalue weighted by Crippen LogP contribution is -2.13. The Morgan fingerprint density at radius 1 is 1.35 bits per heavy atom. The van der Waals surface area contributed by atoms with E-state index in [1.54, 1.807) is 25.3 Å². The number of ether oxygens (including phenoxy) is 2. The van der Waals surface area contributed by atoms with E-state index < -0.39 is 5.91 Å². The number of halogens is 2. The van der Waals surface area contributed by atoms with E-state index in [2.05, 4.69) is 43.8 Å². The smallest absolute Gasteiger partial charge is 0.266 e. The second-order valence-corrected chi connectivity index (χ2v) is 7.18. The topological polar surface area (TPSA) is 71.3 Å². The lowest BCUT2D eigenvalue weighted by Gasteiger charge is -2.12. The lowest BCUT2D eigenvalue weighted by atomic mass is 10.1. The van der Waals surface area contributed by atoms with Crippen LogP contribution in [-0.2, 0) is 4.79 Å². The third-order valence-electron chi connectivity index (χ3n) is 3.31. The number of anilines is 1. The van der Waals surface area contributed by atoms with Crippen LogP contribution >= 0.6 is 38.5 Å². The summed E-state index contributed by atoms with van der Waals surface area (Å²) in [5.41, 5.74) is 1.29. The van der Waals surface area contributed by atoms with E-state index >= 15 is 0 Å². The summed E-state index contributed by atoms with van der Waals surface area (Å²) < 4.78 is 12.7. The van der Waals surface area contributed by atoms with Gasteiger partial charge < -0.3 is 14.8 Å². The number of amides is 1. The minimum Gasteiger partial charge on any atom is -0.492 e. The average Bonchev–Trinajstić information content (AvgIpc) is 2.61. The predicted molar refractivity (Wildman–Crippen MR) is 113 cm³/mol. The quantitative estimate of drug-likeness (QED) is 0.326. The molecule has 0 aliphatic carbocycles. The number of hydrogen-bond acceptors (Lipinski definition) is 4. The fourth-order valence-corrected chi connectivity index (χ4v) is 3.29. The molecule has 0 atom stereocenters. The Kier molecular flexibility index (Phi) is 7.48. The molecule has 0 unspecified atom stereocenters. The van der Waals surface area contributed by atoms with Gasteiger partial charge in [-0.25, -0.2) is 0 Å². The van der Waals surface area contributed by atoms with E-state index in [-0.39, 0.29) is 5.57 Å². The Balaban J connectivity index is 2.31. The molecule has 7 heteroatoms. The zero-order valence-corrected chi connectivity index (χ0v) is 17.9. The standard InChI is InChI=1S/C19H16BrIN2O3/c1-3-26-17-10-12(9-16(21)18(17)25-2)8-13(11-22)19(24)23-15-6-4-14(20)5-7-15/h4-10H,3H2,1-2H3,(H,23,24)/b13-8-. The summed E-state index contributed by atoms with van der Waals surface area (Å²) in [5, 5.41) is 12.1. The molecule has 2 rings (SSSR count). The van der Waals surface area contributed by atoms with Crippen LogP contribution in [0.4, 0.5) is 5.69 Å². The van der Waals surface area contributed by atoms with Gasteiger partial charge in [0.15, 0.2) is 11.5 Å². The molecule has 0 saturated carbocycles. The van der Waals surface area contributed by atoms with Crippen molar-refractivity contribution in [2.45, 2.75) is 6.92 Å². The van der Waals surface area contributed by atoms with Crippen molar-refractivity contribution in [3.8, 4) is 17.6 Å². The number of hydrogen-bond donors (Lipinski definition) is 1. The molecule has 0 heterocycles. The molecule has 1 amide bonds. The van der Waals surface area contributed by atoms with Gasteiger partial charge >= 0.3 is 0 Å². The van der Waals surface area contributed by atoms with Gasteiger partial charge in [-0.05, 0) is 77.6 Å². The number of carbonyl (C=O) groups is 1. The van der Waals surface area contributed by atoms with E-state index in [1.165, 1.54) is 6.08 Å². The fraction of sp³-hybridized carbons (Fsp3) is 0.158. The molecule has 0 bridgehead atoms. The van der Waals surface area contributed by atoms with Gasteiger partial charge in [0.25, 0.3) is 5.91 Å². The second-order valence-electron chi connectivity index (χ2n) is 5.10. The molecule has 26 heavy (non-hydrogen) atoms. The van der Waals surface area contributed by atoms with E-state index in [1.807, 2.05) is 31.2 Å². The van der Waals surface area contributed by atoms with Crippen LogP contribution in [0.1, 0.15) is 12.5 Å². The molecule has 0 aliphatic heterocycles. The number of benzene rings is 2. The average molecular weight is 527 g/mol. The van der Waals surface area contributed by atoms with E-state index in [0.717, 1.165) is 8.04 Å². The fourth-order valence-electron chi connectivity index (χ4n) is 2.18. The van der Waals surface area contributed by atoms with Crippen LogP contribution in [0.15, 0.2) is 46.4 Å². The Morgan fingerprint density at radius 2 is 2.04 bits per heavy atom. The predicted octanol–water partition coefficient (Wildman–Crippen LogP) is 5.01. The number of nitrogens with zero attached hydrogens (tertiary/aromatic N) is 1. The largest absolute Gasteiger partial charge is 0.492 e. The summed E-state index contributed by atoms with van der Waals surface area (Å²) in [4.78, 5) is 12.4. The van der Waals surface area contributed by atoms with Crippen molar-refractivity contribution in [2.75, 3.05) is 19.0 Å². The molecular weight excluding hydrogens is 511 g/mol. The third kappa shape index (κ3) is 5.22. The summed E-state index contributed by atoms with van der Waals surface area (Å²) in [5.74, 6) is 0.722. The summed E-state index contributed by atoms with van der Waals surface area (Å²) in [6.45, 7) is 2.36. The third-order valence-corrected chi connectivity index (χ3v) is 4.64. The van der Waals surface area contributed by atoms with Gasteiger partial charge in [0, 0.05) is 10.2 Å². The van der Waals surface area contributed by atoms with Gasteiger partial charge in [-0.2, -0.15) is 5.26 Å². The van der Waals surface area contributed by atoms with Crippen molar-refractivity contribution in [3.05, 3.63) is 55.6 Å². The van der Waals surface area contributed by atoms with Crippen molar-refractivity contribution in [1.29, 1.82) is 5.26 Å². The molecule has 0 aromatic heterocycles. The molecule has 0 aliphatic rings. The van der Waals surface area contributed by atoms with Crippen molar-refractivity contribution in [3.63, 3.8) is 0 Å². The molecule has 0 radical (unpaired) electrons. The molecule has 134 valence electrons. The van der Waals surface area contributed by atoms with Crippen LogP contribution < -0.4 is 14.8 Å². The number of methoxy groups -OCH3 is 1. The SMILES string of the molecule is CCOc1cc(/C=C(/C#N)C(=O)Nc2ccc(Br)cc2)cc(I)c1OC. The summed E-state index contributed by atoms with van der Waals surface area (Å²) >= 11 is 5.46. The van der Waals surface area contributed by atoms with E-state index in [9.17, 15) is 10.1 Å².